The molecule has 2 aromatic heterocycles. The molecule has 2 rings (SSSR count). The van der Waals surface area contributed by atoms with Gasteiger partial charge in [-0.05, 0) is 32.0 Å². The Labute approximate surface area is 90.3 Å². The molecule has 2 heterocycles. The highest BCUT2D eigenvalue weighted by molar-refractivity contribution is 5.14. The maximum atomic E-state index is 4.37. The van der Waals surface area contributed by atoms with Gasteiger partial charge in [0.15, 0.2) is 0 Å². The number of aromatic nitrogens is 3. The molecule has 0 saturated heterocycles. The van der Waals surface area contributed by atoms with Gasteiger partial charge in [0, 0.05) is 37.6 Å². The lowest BCUT2D eigenvalue weighted by atomic mass is 10.3. The van der Waals surface area contributed by atoms with Crippen LogP contribution in [0.5, 0.6) is 0 Å². The van der Waals surface area contributed by atoms with E-state index in [0.717, 1.165) is 18.7 Å². The molecule has 0 aliphatic carbocycles. The highest BCUT2D eigenvalue weighted by Gasteiger charge is 2.02. The zero-order valence-electron chi connectivity index (χ0n) is 9.57. The van der Waals surface area contributed by atoms with Crippen molar-refractivity contribution < 1.29 is 0 Å². The van der Waals surface area contributed by atoms with Crippen LogP contribution in [0.25, 0.3) is 0 Å². The lowest BCUT2D eigenvalue weighted by molar-refractivity contribution is 0.642. The molecule has 80 valence electrons. The summed E-state index contributed by atoms with van der Waals surface area (Å²) in [5.74, 6) is 0. The Morgan fingerprint density at radius 1 is 1.13 bits per heavy atom. The molecule has 0 N–H and O–H groups in total. The van der Waals surface area contributed by atoms with E-state index in [1.54, 1.807) is 0 Å². The van der Waals surface area contributed by atoms with Crippen molar-refractivity contribution in [1.29, 1.82) is 0 Å². The standard InChI is InChI=1S/C12H17N3/c1-10-4-5-11(2)15(10)9-7-12-6-8-14(3)13-12/h4-6,8H,7,9H2,1-3H3. The van der Waals surface area contributed by atoms with Gasteiger partial charge in [-0.3, -0.25) is 4.68 Å². The average Bonchev–Trinajstić information content (AvgIpc) is 2.73. The minimum absolute atomic E-state index is 0.997. The van der Waals surface area contributed by atoms with Gasteiger partial charge < -0.3 is 4.57 Å². The van der Waals surface area contributed by atoms with Gasteiger partial charge in [-0.15, -0.1) is 0 Å². The van der Waals surface area contributed by atoms with Gasteiger partial charge in [-0.1, -0.05) is 0 Å². The molecule has 0 atom stereocenters. The summed E-state index contributed by atoms with van der Waals surface area (Å²) < 4.78 is 4.18. The summed E-state index contributed by atoms with van der Waals surface area (Å²) in [4.78, 5) is 0. The van der Waals surface area contributed by atoms with E-state index in [1.165, 1.54) is 11.4 Å². The Morgan fingerprint density at radius 3 is 2.33 bits per heavy atom. The summed E-state index contributed by atoms with van der Waals surface area (Å²) in [5.41, 5.74) is 3.80. The maximum Gasteiger partial charge on any atom is 0.0642 e. The first-order valence-electron chi connectivity index (χ1n) is 5.28. The molecule has 3 nitrogen and oxygen atoms in total. The second kappa shape index (κ2) is 3.93. The zero-order valence-corrected chi connectivity index (χ0v) is 9.57. The molecule has 2 aromatic rings. The van der Waals surface area contributed by atoms with Gasteiger partial charge in [-0.2, -0.15) is 5.10 Å². The van der Waals surface area contributed by atoms with Gasteiger partial charge in [0.1, 0.15) is 0 Å². The van der Waals surface area contributed by atoms with E-state index in [4.69, 9.17) is 0 Å². The molecule has 0 aromatic carbocycles. The van der Waals surface area contributed by atoms with Crippen molar-refractivity contribution in [2.24, 2.45) is 7.05 Å². The minimum Gasteiger partial charge on any atom is -0.349 e. The van der Waals surface area contributed by atoms with E-state index in [1.807, 2.05) is 17.9 Å². The zero-order chi connectivity index (χ0) is 10.8. The van der Waals surface area contributed by atoms with E-state index < -0.39 is 0 Å². The van der Waals surface area contributed by atoms with E-state index in [-0.39, 0.29) is 0 Å². The molecule has 0 saturated carbocycles. The Kier molecular flexibility index (Phi) is 2.62. The fraction of sp³-hybridized carbons (Fsp3) is 0.417. The summed E-state index contributed by atoms with van der Waals surface area (Å²) in [5, 5.41) is 4.37. The molecule has 0 aliphatic heterocycles. The van der Waals surface area contributed by atoms with Crippen molar-refractivity contribution in [3.63, 3.8) is 0 Å². The van der Waals surface area contributed by atoms with Crippen LogP contribution in [-0.4, -0.2) is 14.3 Å². The first-order valence-corrected chi connectivity index (χ1v) is 5.28. The predicted octanol–water partition coefficient (Wildman–Crippen LogP) is 2.08. The first-order chi connectivity index (χ1) is 7.16. The molecule has 0 aliphatic rings. The van der Waals surface area contributed by atoms with Crippen molar-refractivity contribution >= 4 is 0 Å². The van der Waals surface area contributed by atoms with Crippen molar-refractivity contribution in [2.75, 3.05) is 0 Å². The molecule has 0 unspecified atom stereocenters. The monoisotopic (exact) mass is 203 g/mol. The number of nitrogens with zero attached hydrogens (tertiary/aromatic N) is 3. The molecule has 0 radical (unpaired) electrons. The maximum absolute atomic E-state index is 4.37. The molecule has 0 spiro atoms. The first kappa shape index (κ1) is 10.0. The Hall–Kier alpha value is -1.51. The summed E-state index contributed by atoms with van der Waals surface area (Å²) in [6.45, 7) is 5.30. The smallest absolute Gasteiger partial charge is 0.0642 e. The summed E-state index contributed by atoms with van der Waals surface area (Å²) in [6, 6.07) is 6.40. The number of hydrogen-bond acceptors (Lipinski definition) is 1. The molecular formula is C12H17N3. The van der Waals surface area contributed by atoms with Gasteiger partial charge >= 0.3 is 0 Å². The quantitative estimate of drug-likeness (QED) is 0.749. The van der Waals surface area contributed by atoms with Crippen LogP contribution >= 0.6 is 0 Å². The number of hydrogen-bond donors (Lipinski definition) is 0. The van der Waals surface area contributed by atoms with Crippen LogP contribution in [-0.2, 0) is 20.0 Å². The van der Waals surface area contributed by atoms with Crippen LogP contribution < -0.4 is 0 Å². The second-order valence-corrected chi connectivity index (χ2v) is 4.00. The molecule has 3 heteroatoms. The molecule has 15 heavy (non-hydrogen) atoms. The lowest BCUT2D eigenvalue weighted by Gasteiger charge is -2.07. The normalized spacial score (nSPS) is 10.9. The average molecular weight is 203 g/mol. The summed E-state index contributed by atoms with van der Waals surface area (Å²) >= 11 is 0. The van der Waals surface area contributed by atoms with Crippen LogP contribution in [0.4, 0.5) is 0 Å². The fourth-order valence-electron chi connectivity index (χ4n) is 1.87. The van der Waals surface area contributed by atoms with Crippen molar-refractivity contribution in [2.45, 2.75) is 26.8 Å². The molecule has 0 fully saturated rings. The molecular weight excluding hydrogens is 186 g/mol. The highest BCUT2D eigenvalue weighted by atomic mass is 15.2. The molecule has 0 amide bonds. The predicted molar refractivity (Wildman–Crippen MR) is 60.8 cm³/mol. The fourth-order valence-corrected chi connectivity index (χ4v) is 1.87. The summed E-state index contributed by atoms with van der Waals surface area (Å²) in [6.07, 6.45) is 2.99. The van der Waals surface area contributed by atoms with Gasteiger partial charge in [0.25, 0.3) is 0 Å². The number of rotatable bonds is 3. The van der Waals surface area contributed by atoms with E-state index in [0.29, 0.717) is 0 Å². The van der Waals surface area contributed by atoms with Crippen LogP contribution in [0.15, 0.2) is 24.4 Å². The Morgan fingerprint density at radius 2 is 1.80 bits per heavy atom. The van der Waals surface area contributed by atoms with Crippen LogP contribution in [0.1, 0.15) is 17.1 Å². The third kappa shape index (κ3) is 2.12. The lowest BCUT2D eigenvalue weighted by Crippen LogP contribution is -2.05. The van der Waals surface area contributed by atoms with Gasteiger partial charge in [0.2, 0.25) is 0 Å². The minimum atomic E-state index is 0.997. The SMILES string of the molecule is Cc1ccc(C)n1CCc1ccn(C)n1. The van der Waals surface area contributed by atoms with Gasteiger partial charge in [0.05, 0.1) is 5.69 Å². The highest BCUT2D eigenvalue weighted by Crippen LogP contribution is 2.08. The largest absolute Gasteiger partial charge is 0.349 e. The van der Waals surface area contributed by atoms with Crippen LogP contribution in [0.3, 0.4) is 0 Å². The topological polar surface area (TPSA) is 22.8 Å². The van der Waals surface area contributed by atoms with Crippen molar-refractivity contribution in [3.05, 3.63) is 41.5 Å². The summed E-state index contributed by atoms with van der Waals surface area (Å²) in [7, 11) is 1.95. The van der Waals surface area contributed by atoms with E-state index in [9.17, 15) is 0 Å². The Balaban J connectivity index is 2.05. The third-order valence-electron chi connectivity index (χ3n) is 2.78. The second-order valence-electron chi connectivity index (χ2n) is 4.00. The van der Waals surface area contributed by atoms with E-state index in [2.05, 4.69) is 41.7 Å². The van der Waals surface area contributed by atoms with Crippen molar-refractivity contribution in [1.82, 2.24) is 14.3 Å². The van der Waals surface area contributed by atoms with Crippen LogP contribution in [0.2, 0.25) is 0 Å². The Bertz CT molecular complexity index is 432. The van der Waals surface area contributed by atoms with Crippen molar-refractivity contribution in [3.8, 4) is 0 Å². The van der Waals surface area contributed by atoms with Gasteiger partial charge in [-0.25, -0.2) is 0 Å². The van der Waals surface area contributed by atoms with E-state index >= 15 is 0 Å². The van der Waals surface area contributed by atoms with Crippen LogP contribution in [0, 0.1) is 13.8 Å². The molecule has 0 bridgehead atoms. The third-order valence-corrected chi connectivity index (χ3v) is 2.78. The number of aryl methyl sites for hydroxylation is 4.